The van der Waals surface area contributed by atoms with Crippen LogP contribution in [0, 0.1) is 11.6 Å². The van der Waals surface area contributed by atoms with Crippen LogP contribution in [0.15, 0.2) is 50.9 Å². The third kappa shape index (κ3) is 4.73. The van der Waals surface area contributed by atoms with Crippen molar-refractivity contribution in [2.45, 2.75) is 30.3 Å². The molecule has 0 amide bonds. The molecule has 3 aromatic rings. The van der Waals surface area contributed by atoms with E-state index in [1.54, 1.807) is 0 Å². The van der Waals surface area contributed by atoms with Gasteiger partial charge in [-0.1, -0.05) is 6.07 Å². The summed E-state index contributed by atoms with van der Waals surface area (Å²) in [4.78, 5) is 29.8. The van der Waals surface area contributed by atoms with Crippen LogP contribution in [0.2, 0.25) is 0 Å². The lowest BCUT2D eigenvalue weighted by atomic mass is 10.1. The van der Waals surface area contributed by atoms with Crippen molar-refractivity contribution in [3.63, 3.8) is 0 Å². The van der Waals surface area contributed by atoms with Gasteiger partial charge in [0.2, 0.25) is 10.0 Å². The fourth-order valence-corrected chi connectivity index (χ4v) is 5.03. The molecule has 4 rings (SSSR count). The first-order valence-corrected chi connectivity index (χ1v) is 11.1. The van der Waals surface area contributed by atoms with Gasteiger partial charge in [0.1, 0.15) is 0 Å². The van der Waals surface area contributed by atoms with Crippen LogP contribution in [0.4, 0.5) is 8.78 Å². The molecule has 0 radical (unpaired) electrons. The topological polar surface area (TPSA) is 115 Å². The van der Waals surface area contributed by atoms with E-state index in [1.165, 1.54) is 30.3 Å². The highest BCUT2D eigenvalue weighted by Crippen LogP contribution is 2.19. The largest absolute Gasteiger partial charge is 0.326 e. The summed E-state index contributed by atoms with van der Waals surface area (Å²) < 4.78 is 54.7. The van der Waals surface area contributed by atoms with Crippen molar-refractivity contribution in [1.29, 1.82) is 0 Å². The van der Waals surface area contributed by atoms with Gasteiger partial charge in [0.25, 0.3) is 5.56 Å². The van der Waals surface area contributed by atoms with Crippen molar-refractivity contribution in [2.75, 3.05) is 13.1 Å². The van der Waals surface area contributed by atoms with E-state index < -0.39 is 32.9 Å². The minimum atomic E-state index is -3.87. The van der Waals surface area contributed by atoms with Crippen molar-refractivity contribution in [3.8, 4) is 0 Å². The third-order valence-corrected chi connectivity index (χ3v) is 6.84. The van der Waals surface area contributed by atoms with Gasteiger partial charge < -0.3 is 4.98 Å². The van der Waals surface area contributed by atoms with Gasteiger partial charge >= 0.3 is 5.69 Å². The number of benzene rings is 2. The Labute approximate surface area is 176 Å². The van der Waals surface area contributed by atoms with Gasteiger partial charge in [0, 0.05) is 25.7 Å². The van der Waals surface area contributed by atoms with E-state index >= 15 is 0 Å². The Morgan fingerprint density at radius 3 is 2.45 bits per heavy atom. The number of aromatic amines is 2. The lowest BCUT2D eigenvalue weighted by Gasteiger charge is -2.32. The third-order valence-electron chi connectivity index (χ3n) is 5.32. The molecule has 0 aliphatic carbocycles. The van der Waals surface area contributed by atoms with E-state index in [4.69, 9.17) is 0 Å². The number of piperidine rings is 1. The highest BCUT2D eigenvalue weighted by atomic mass is 32.2. The van der Waals surface area contributed by atoms with Crippen LogP contribution < -0.4 is 16.0 Å². The van der Waals surface area contributed by atoms with Gasteiger partial charge in [-0.05, 0) is 48.7 Å². The zero-order valence-corrected chi connectivity index (χ0v) is 17.1. The minimum absolute atomic E-state index is 0.0678. The van der Waals surface area contributed by atoms with Crippen molar-refractivity contribution in [2.24, 2.45) is 0 Å². The van der Waals surface area contributed by atoms with Gasteiger partial charge in [0.05, 0.1) is 15.8 Å². The van der Waals surface area contributed by atoms with E-state index in [-0.39, 0.29) is 21.8 Å². The standard InChI is InChI=1S/C20H20F2N4O4S/c21-16-3-1-12(9-17(16)22)11-26-7-5-13(6-8-26)25-31(29,30)14-2-4-18-15(10-14)19(27)24-20(28)23-18/h1-4,9-10,13,25H,5-8,11H2,(H2,23,24,27,28). The van der Waals surface area contributed by atoms with E-state index in [2.05, 4.69) is 14.7 Å². The van der Waals surface area contributed by atoms with Crippen molar-refractivity contribution < 1.29 is 17.2 Å². The SMILES string of the molecule is O=c1[nH]c(=O)c2cc(S(=O)(=O)NC3CCN(Cc4ccc(F)c(F)c4)CC3)ccc2[nH]1. The first-order chi connectivity index (χ1) is 14.7. The summed E-state index contributed by atoms with van der Waals surface area (Å²) in [5.74, 6) is -1.78. The summed E-state index contributed by atoms with van der Waals surface area (Å²) in [6.45, 7) is 1.62. The van der Waals surface area contributed by atoms with Crippen LogP contribution in [0.5, 0.6) is 0 Å². The Morgan fingerprint density at radius 1 is 1.00 bits per heavy atom. The number of H-pyrrole nitrogens is 2. The Hall–Kier alpha value is -2.89. The highest BCUT2D eigenvalue weighted by molar-refractivity contribution is 7.89. The average molecular weight is 450 g/mol. The quantitative estimate of drug-likeness (QED) is 0.544. The second kappa shape index (κ2) is 8.33. The van der Waals surface area contributed by atoms with E-state index in [9.17, 15) is 26.8 Å². The molecule has 0 unspecified atom stereocenters. The van der Waals surface area contributed by atoms with Crippen LogP contribution in [0.3, 0.4) is 0 Å². The number of fused-ring (bicyclic) bond motifs is 1. The Bertz CT molecular complexity index is 1350. The van der Waals surface area contributed by atoms with Gasteiger partial charge in [-0.15, -0.1) is 0 Å². The molecule has 31 heavy (non-hydrogen) atoms. The maximum Gasteiger partial charge on any atom is 0.326 e. The highest BCUT2D eigenvalue weighted by Gasteiger charge is 2.25. The molecule has 1 aliphatic rings. The molecule has 8 nitrogen and oxygen atoms in total. The fourth-order valence-electron chi connectivity index (χ4n) is 3.70. The van der Waals surface area contributed by atoms with Gasteiger partial charge in [-0.2, -0.15) is 0 Å². The number of hydrogen-bond donors (Lipinski definition) is 3. The smallest absolute Gasteiger partial charge is 0.307 e. The Kier molecular flexibility index (Phi) is 5.73. The molecular weight excluding hydrogens is 430 g/mol. The molecule has 1 aromatic heterocycles. The first-order valence-electron chi connectivity index (χ1n) is 9.66. The summed E-state index contributed by atoms with van der Waals surface area (Å²) in [7, 11) is -3.87. The number of likely N-dealkylation sites (tertiary alicyclic amines) is 1. The van der Waals surface area contributed by atoms with Crippen molar-refractivity contribution in [3.05, 3.63) is 74.4 Å². The van der Waals surface area contributed by atoms with E-state index in [0.717, 1.165) is 6.07 Å². The van der Waals surface area contributed by atoms with Gasteiger partial charge in [0.15, 0.2) is 11.6 Å². The number of nitrogens with one attached hydrogen (secondary N) is 3. The summed E-state index contributed by atoms with van der Waals surface area (Å²) in [5, 5.41) is 0.0730. The molecule has 0 spiro atoms. The summed E-state index contributed by atoms with van der Waals surface area (Å²) in [6.07, 6.45) is 1.09. The van der Waals surface area contributed by atoms with E-state index in [1.807, 2.05) is 4.90 Å². The monoisotopic (exact) mass is 450 g/mol. The maximum absolute atomic E-state index is 13.4. The van der Waals surface area contributed by atoms with Crippen molar-refractivity contribution >= 4 is 20.9 Å². The molecule has 11 heteroatoms. The number of aromatic nitrogens is 2. The number of rotatable bonds is 5. The summed E-state index contributed by atoms with van der Waals surface area (Å²) >= 11 is 0. The van der Waals surface area contributed by atoms with Gasteiger partial charge in [-0.25, -0.2) is 26.7 Å². The molecular formula is C20H20F2N4O4S. The van der Waals surface area contributed by atoms with Crippen LogP contribution in [-0.2, 0) is 16.6 Å². The normalized spacial score (nSPS) is 16.1. The molecule has 1 aliphatic heterocycles. The predicted molar refractivity (Wildman–Crippen MR) is 110 cm³/mol. The molecule has 0 atom stereocenters. The lowest BCUT2D eigenvalue weighted by Crippen LogP contribution is -2.44. The molecule has 0 saturated carbocycles. The molecule has 2 heterocycles. The Morgan fingerprint density at radius 2 is 1.74 bits per heavy atom. The van der Waals surface area contributed by atoms with Gasteiger partial charge in [-0.3, -0.25) is 14.7 Å². The van der Waals surface area contributed by atoms with Crippen LogP contribution in [0.1, 0.15) is 18.4 Å². The van der Waals surface area contributed by atoms with Crippen LogP contribution in [-0.4, -0.2) is 42.4 Å². The lowest BCUT2D eigenvalue weighted by molar-refractivity contribution is 0.199. The Balaban J connectivity index is 1.41. The molecule has 3 N–H and O–H groups in total. The molecule has 1 fully saturated rings. The molecule has 0 bridgehead atoms. The van der Waals surface area contributed by atoms with Crippen LogP contribution in [0.25, 0.3) is 10.9 Å². The van der Waals surface area contributed by atoms with Crippen LogP contribution >= 0.6 is 0 Å². The summed E-state index contributed by atoms with van der Waals surface area (Å²) in [5.41, 5.74) is -0.432. The minimum Gasteiger partial charge on any atom is -0.307 e. The number of hydrogen-bond acceptors (Lipinski definition) is 5. The molecule has 164 valence electrons. The molecule has 1 saturated heterocycles. The number of nitrogens with zero attached hydrogens (tertiary/aromatic N) is 1. The maximum atomic E-state index is 13.4. The van der Waals surface area contributed by atoms with E-state index in [0.29, 0.717) is 38.0 Å². The zero-order valence-electron chi connectivity index (χ0n) is 16.3. The fraction of sp³-hybridized carbons (Fsp3) is 0.300. The number of halogens is 2. The summed E-state index contributed by atoms with van der Waals surface area (Å²) in [6, 6.07) is 7.43. The molecule has 2 aromatic carbocycles. The first kappa shape index (κ1) is 21.3. The second-order valence-corrected chi connectivity index (χ2v) is 9.25. The van der Waals surface area contributed by atoms with Crippen molar-refractivity contribution in [1.82, 2.24) is 19.6 Å². The zero-order chi connectivity index (χ0) is 22.2. The average Bonchev–Trinajstić information content (AvgIpc) is 2.71. The number of sulfonamides is 1. The second-order valence-electron chi connectivity index (χ2n) is 7.54. The predicted octanol–water partition coefficient (Wildman–Crippen LogP) is 1.44.